The lowest BCUT2D eigenvalue weighted by molar-refractivity contribution is -0.274. The number of nitrogens with zero attached hydrogens (tertiary/aromatic N) is 3. The molecule has 0 amide bonds. The van der Waals surface area contributed by atoms with Gasteiger partial charge in [0.25, 0.3) is 5.56 Å². The topological polar surface area (TPSA) is 116 Å². The molecule has 162 valence electrons. The first-order chi connectivity index (χ1) is 14.5. The Hall–Kier alpha value is -3.61. The molecule has 2 aromatic carbocycles. The van der Waals surface area contributed by atoms with Gasteiger partial charge in [0.1, 0.15) is 11.5 Å². The summed E-state index contributed by atoms with van der Waals surface area (Å²) >= 11 is 0. The zero-order valence-electron chi connectivity index (χ0n) is 15.9. The van der Waals surface area contributed by atoms with Crippen LogP contribution < -0.4 is 15.0 Å². The number of aryl methyl sites for hydroxylation is 1. The summed E-state index contributed by atoms with van der Waals surface area (Å²) in [5.41, 5.74) is -0.513. The van der Waals surface area contributed by atoms with Gasteiger partial charge >= 0.3 is 6.36 Å². The normalized spacial score (nSPS) is 12.4. The summed E-state index contributed by atoms with van der Waals surface area (Å²) in [5, 5.41) is 7.23. The maximum absolute atomic E-state index is 13.2. The summed E-state index contributed by atoms with van der Waals surface area (Å²) in [6.45, 7) is 1.31. The number of halogens is 3. The first kappa shape index (κ1) is 20.7. The number of hydrogen-bond donors (Lipinski definition) is 1. The first-order valence-electron chi connectivity index (χ1n) is 8.58. The Labute approximate surface area is 171 Å². The largest absolute Gasteiger partial charge is 0.573 e. The van der Waals surface area contributed by atoms with Crippen LogP contribution >= 0.6 is 0 Å². The number of nitrogens with one attached hydrogen (secondary N) is 1. The molecule has 31 heavy (non-hydrogen) atoms. The van der Waals surface area contributed by atoms with Crippen molar-refractivity contribution in [1.82, 2.24) is 19.8 Å². The van der Waals surface area contributed by atoms with Crippen LogP contribution in [0.3, 0.4) is 0 Å². The number of rotatable bonds is 4. The summed E-state index contributed by atoms with van der Waals surface area (Å²) in [5.74, 6) is -0.154. The van der Waals surface area contributed by atoms with E-state index >= 15 is 0 Å². The predicted molar refractivity (Wildman–Crippen MR) is 101 cm³/mol. The van der Waals surface area contributed by atoms with E-state index in [1.54, 1.807) is 6.07 Å². The molecule has 0 unspecified atom stereocenters. The van der Waals surface area contributed by atoms with Gasteiger partial charge in [0.2, 0.25) is 14.9 Å². The van der Waals surface area contributed by atoms with Crippen molar-refractivity contribution in [3.8, 4) is 11.5 Å². The minimum absolute atomic E-state index is 0.00675. The molecular formula is C18H13F3N4O5S. The fourth-order valence-corrected chi connectivity index (χ4v) is 4.60. The molecule has 1 N–H and O–H groups in total. The zero-order chi connectivity index (χ0) is 22.6. The van der Waals surface area contributed by atoms with E-state index in [1.165, 1.54) is 26.2 Å². The van der Waals surface area contributed by atoms with Crippen molar-refractivity contribution >= 4 is 26.4 Å². The Morgan fingerprint density at radius 2 is 1.81 bits per heavy atom. The fourth-order valence-electron chi connectivity index (χ4n) is 3.13. The number of methoxy groups -OCH3 is 1. The standard InChI is InChI=1S/C18H13F3N4O5S/c1-9-7-11(30-18(19,20)21)4-6-14(9)31(27,28)17-15-22-16(26)12-5-3-10(29-2)8-13(12)25(15)24-23-17/h3-8H,1-2H3,(H,22,26). The SMILES string of the molecule is COc1ccc2c(=O)[nH]c3c(S(=O)(=O)c4ccc(OC(F)(F)F)cc4C)nnn3c2c1. The molecule has 13 heteroatoms. The molecule has 0 saturated carbocycles. The van der Waals surface area contributed by atoms with Crippen molar-refractivity contribution in [3.05, 3.63) is 52.3 Å². The lowest BCUT2D eigenvalue weighted by Crippen LogP contribution is -2.17. The Morgan fingerprint density at radius 1 is 1.10 bits per heavy atom. The van der Waals surface area contributed by atoms with Gasteiger partial charge in [-0.25, -0.2) is 8.42 Å². The van der Waals surface area contributed by atoms with Crippen molar-refractivity contribution in [2.45, 2.75) is 23.2 Å². The molecule has 0 aliphatic carbocycles. The molecule has 0 bridgehead atoms. The molecule has 4 aromatic rings. The van der Waals surface area contributed by atoms with Crippen molar-refractivity contribution in [1.29, 1.82) is 0 Å². The van der Waals surface area contributed by atoms with Gasteiger partial charge < -0.3 is 14.5 Å². The number of sulfone groups is 1. The third-order valence-electron chi connectivity index (χ3n) is 4.47. The Kier molecular flexibility index (Phi) is 4.65. The molecule has 0 aliphatic heterocycles. The number of benzene rings is 2. The summed E-state index contributed by atoms with van der Waals surface area (Å²) in [6.07, 6.45) is -4.92. The molecule has 0 aliphatic rings. The highest BCUT2D eigenvalue weighted by Crippen LogP contribution is 2.30. The Morgan fingerprint density at radius 3 is 2.45 bits per heavy atom. The smallest absolute Gasteiger partial charge is 0.497 e. The minimum atomic E-state index is -4.92. The molecule has 0 spiro atoms. The number of fused-ring (bicyclic) bond motifs is 3. The average Bonchev–Trinajstić information content (AvgIpc) is 3.11. The second kappa shape index (κ2) is 6.97. The van der Waals surface area contributed by atoms with Crippen LogP contribution in [-0.4, -0.2) is 41.7 Å². The highest BCUT2D eigenvalue weighted by molar-refractivity contribution is 7.91. The van der Waals surface area contributed by atoms with E-state index in [0.717, 1.165) is 22.7 Å². The predicted octanol–water partition coefficient (Wildman–Crippen LogP) is 2.62. The lowest BCUT2D eigenvalue weighted by Gasteiger charge is -2.11. The summed E-state index contributed by atoms with van der Waals surface area (Å²) < 4.78 is 73.7. The van der Waals surface area contributed by atoms with E-state index < -0.39 is 32.5 Å². The van der Waals surface area contributed by atoms with Crippen LogP contribution in [0.5, 0.6) is 11.5 Å². The van der Waals surface area contributed by atoms with Gasteiger partial charge in [-0.05, 0) is 42.8 Å². The van der Waals surface area contributed by atoms with Gasteiger partial charge in [0.05, 0.1) is 22.9 Å². The maximum Gasteiger partial charge on any atom is 0.573 e. The average molecular weight is 454 g/mol. The first-order valence-corrected chi connectivity index (χ1v) is 10.1. The van der Waals surface area contributed by atoms with Crippen LogP contribution in [0.25, 0.3) is 16.6 Å². The third-order valence-corrected chi connectivity index (χ3v) is 6.29. The van der Waals surface area contributed by atoms with Crippen LogP contribution in [0.4, 0.5) is 13.2 Å². The van der Waals surface area contributed by atoms with E-state index in [0.29, 0.717) is 5.75 Å². The van der Waals surface area contributed by atoms with Gasteiger partial charge in [0.15, 0.2) is 5.65 Å². The number of H-pyrrole nitrogens is 1. The molecule has 9 nitrogen and oxygen atoms in total. The van der Waals surface area contributed by atoms with Crippen LogP contribution in [0.1, 0.15) is 5.56 Å². The number of alkyl halides is 3. The summed E-state index contributed by atoms with van der Waals surface area (Å²) in [4.78, 5) is 14.6. The Balaban J connectivity index is 1.89. The van der Waals surface area contributed by atoms with E-state index in [1.807, 2.05) is 0 Å². The van der Waals surface area contributed by atoms with E-state index in [-0.39, 0.29) is 27.0 Å². The summed E-state index contributed by atoms with van der Waals surface area (Å²) in [7, 11) is -2.92. The number of hydrogen-bond acceptors (Lipinski definition) is 7. The minimum Gasteiger partial charge on any atom is -0.497 e. The monoisotopic (exact) mass is 454 g/mol. The van der Waals surface area contributed by atoms with Crippen LogP contribution in [0.2, 0.25) is 0 Å². The van der Waals surface area contributed by atoms with Crippen LogP contribution in [0.15, 0.2) is 51.1 Å². The zero-order valence-corrected chi connectivity index (χ0v) is 16.7. The number of ether oxygens (including phenoxy) is 2. The molecule has 2 aromatic heterocycles. The maximum atomic E-state index is 13.2. The van der Waals surface area contributed by atoms with E-state index in [2.05, 4.69) is 20.0 Å². The quantitative estimate of drug-likeness (QED) is 0.504. The van der Waals surface area contributed by atoms with Gasteiger partial charge in [-0.2, -0.15) is 4.52 Å². The number of aromatic nitrogens is 4. The third kappa shape index (κ3) is 3.56. The lowest BCUT2D eigenvalue weighted by atomic mass is 10.2. The van der Waals surface area contributed by atoms with Gasteiger partial charge in [0, 0.05) is 6.07 Å². The molecule has 4 rings (SSSR count). The van der Waals surface area contributed by atoms with Crippen LogP contribution in [-0.2, 0) is 9.84 Å². The molecule has 0 fully saturated rings. The van der Waals surface area contributed by atoms with Crippen molar-refractivity contribution < 1.29 is 31.1 Å². The summed E-state index contributed by atoms with van der Waals surface area (Å²) in [6, 6.07) is 7.34. The Bertz CT molecular complexity index is 1490. The van der Waals surface area contributed by atoms with Crippen molar-refractivity contribution in [2.75, 3.05) is 7.11 Å². The van der Waals surface area contributed by atoms with Crippen molar-refractivity contribution in [2.24, 2.45) is 0 Å². The van der Waals surface area contributed by atoms with E-state index in [9.17, 15) is 26.4 Å². The van der Waals surface area contributed by atoms with Gasteiger partial charge in [-0.15, -0.1) is 18.3 Å². The van der Waals surface area contributed by atoms with Gasteiger partial charge in [-0.1, -0.05) is 5.21 Å². The molecule has 0 saturated heterocycles. The highest BCUT2D eigenvalue weighted by Gasteiger charge is 2.32. The fraction of sp³-hybridized carbons (Fsp3) is 0.167. The second-order valence-corrected chi connectivity index (χ2v) is 8.30. The molecule has 0 atom stereocenters. The second-order valence-electron chi connectivity index (χ2n) is 6.47. The highest BCUT2D eigenvalue weighted by atomic mass is 32.2. The molecular weight excluding hydrogens is 441 g/mol. The molecule has 0 radical (unpaired) electrons. The number of aromatic amines is 1. The van der Waals surface area contributed by atoms with Crippen molar-refractivity contribution in [3.63, 3.8) is 0 Å². The molecule has 2 heterocycles. The van der Waals surface area contributed by atoms with Crippen LogP contribution in [0, 0.1) is 6.92 Å². The van der Waals surface area contributed by atoms with Gasteiger partial charge in [-0.3, -0.25) is 4.79 Å². The van der Waals surface area contributed by atoms with E-state index in [4.69, 9.17) is 4.74 Å².